The molecule has 0 aliphatic carbocycles. The van der Waals surface area contributed by atoms with Gasteiger partial charge in [-0.25, -0.2) is 9.98 Å². The lowest BCUT2D eigenvalue weighted by molar-refractivity contribution is -0.137. The van der Waals surface area contributed by atoms with Crippen molar-refractivity contribution < 1.29 is 17.9 Å². The first-order valence-corrected chi connectivity index (χ1v) is 6.80. The number of halogens is 4. The SMILES string of the molecule is CCOCC(=Nc1ccc(Cl)cc1C(F)(F)F)n1ccnc1. The molecule has 0 fully saturated rings. The number of benzene rings is 1. The zero-order chi connectivity index (χ0) is 16.2. The van der Waals surface area contributed by atoms with Crippen LogP contribution in [0.1, 0.15) is 12.5 Å². The maximum absolute atomic E-state index is 13.1. The van der Waals surface area contributed by atoms with Crippen molar-refractivity contribution in [1.29, 1.82) is 0 Å². The molecule has 2 aromatic rings. The van der Waals surface area contributed by atoms with Crippen molar-refractivity contribution in [3.63, 3.8) is 0 Å². The van der Waals surface area contributed by atoms with Crippen LogP contribution in [0.2, 0.25) is 5.02 Å². The van der Waals surface area contributed by atoms with Gasteiger partial charge in [0.05, 0.1) is 11.3 Å². The lowest BCUT2D eigenvalue weighted by Gasteiger charge is -2.12. The first-order valence-electron chi connectivity index (χ1n) is 6.42. The van der Waals surface area contributed by atoms with Crippen LogP contribution in [0.15, 0.2) is 41.9 Å². The van der Waals surface area contributed by atoms with Gasteiger partial charge in [0.25, 0.3) is 0 Å². The average molecular weight is 332 g/mol. The molecule has 1 heterocycles. The van der Waals surface area contributed by atoms with Crippen molar-refractivity contribution in [1.82, 2.24) is 9.55 Å². The Morgan fingerprint density at radius 3 is 2.77 bits per heavy atom. The molecule has 8 heteroatoms. The summed E-state index contributed by atoms with van der Waals surface area (Å²) in [4.78, 5) is 7.94. The van der Waals surface area contributed by atoms with E-state index in [-0.39, 0.29) is 17.3 Å². The lowest BCUT2D eigenvalue weighted by atomic mass is 10.1. The van der Waals surface area contributed by atoms with Crippen LogP contribution < -0.4 is 0 Å². The Bertz CT molecular complexity index is 654. The van der Waals surface area contributed by atoms with E-state index in [0.717, 1.165) is 6.07 Å². The summed E-state index contributed by atoms with van der Waals surface area (Å²) in [6, 6.07) is 3.45. The first-order chi connectivity index (χ1) is 10.4. The molecular formula is C14H13ClF3N3O. The number of hydrogen-bond acceptors (Lipinski definition) is 3. The molecule has 4 nitrogen and oxygen atoms in total. The van der Waals surface area contributed by atoms with E-state index >= 15 is 0 Å². The summed E-state index contributed by atoms with van der Waals surface area (Å²) >= 11 is 5.65. The number of nitrogens with zero attached hydrogens (tertiary/aromatic N) is 3. The van der Waals surface area contributed by atoms with Crippen LogP contribution in [0.5, 0.6) is 0 Å². The summed E-state index contributed by atoms with van der Waals surface area (Å²) in [5.41, 5.74) is -1.12. The van der Waals surface area contributed by atoms with E-state index in [1.807, 2.05) is 0 Å². The third-order valence-electron chi connectivity index (χ3n) is 2.75. The number of imidazole rings is 1. The van der Waals surface area contributed by atoms with Gasteiger partial charge in [0.15, 0.2) is 0 Å². The fourth-order valence-corrected chi connectivity index (χ4v) is 1.91. The largest absolute Gasteiger partial charge is 0.418 e. The van der Waals surface area contributed by atoms with Gasteiger partial charge in [-0.2, -0.15) is 13.2 Å². The molecule has 0 saturated heterocycles. The Balaban J connectivity index is 2.48. The van der Waals surface area contributed by atoms with Gasteiger partial charge in [-0.1, -0.05) is 11.6 Å². The van der Waals surface area contributed by atoms with Gasteiger partial charge < -0.3 is 4.74 Å². The molecule has 22 heavy (non-hydrogen) atoms. The zero-order valence-corrected chi connectivity index (χ0v) is 12.4. The summed E-state index contributed by atoms with van der Waals surface area (Å²) in [6.45, 7) is 2.27. The van der Waals surface area contributed by atoms with Crippen LogP contribution in [0.25, 0.3) is 0 Å². The predicted molar refractivity (Wildman–Crippen MR) is 77.7 cm³/mol. The summed E-state index contributed by atoms with van der Waals surface area (Å²) in [7, 11) is 0. The number of rotatable bonds is 4. The van der Waals surface area contributed by atoms with Crippen LogP contribution in [-0.4, -0.2) is 28.6 Å². The van der Waals surface area contributed by atoms with Gasteiger partial charge >= 0.3 is 6.18 Å². The molecule has 0 atom stereocenters. The molecule has 1 aromatic carbocycles. The molecule has 0 N–H and O–H groups in total. The van der Waals surface area contributed by atoms with Gasteiger partial charge in [0.2, 0.25) is 0 Å². The van der Waals surface area contributed by atoms with Crippen molar-refractivity contribution in [3.05, 3.63) is 47.5 Å². The van der Waals surface area contributed by atoms with E-state index in [2.05, 4.69) is 9.98 Å². The van der Waals surface area contributed by atoms with Gasteiger partial charge in [-0.3, -0.25) is 4.57 Å². The first kappa shape index (κ1) is 16.5. The number of aromatic nitrogens is 2. The summed E-state index contributed by atoms with van der Waals surface area (Å²) in [5.74, 6) is 0.298. The summed E-state index contributed by atoms with van der Waals surface area (Å²) < 4.78 is 46.0. The quantitative estimate of drug-likeness (QED) is 0.623. The molecule has 118 valence electrons. The fourth-order valence-electron chi connectivity index (χ4n) is 1.74. The molecule has 0 aliphatic rings. The second-order valence-electron chi connectivity index (χ2n) is 4.29. The number of ether oxygens (including phenoxy) is 1. The van der Waals surface area contributed by atoms with E-state index in [1.54, 1.807) is 13.1 Å². The van der Waals surface area contributed by atoms with Crippen molar-refractivity contribution >= 4 is 23.1 Å². The minimum absolute atomic E-state index is 0.000244. The molecule has 0 radical (unpaired) electrons. The van der Waals surface area contributed by atoms with Crippen LogP contribution in [0.3, 0.4) is 0 Å². The Labute approximate surface area is 130 Å². The van der Waals surface area contributed by atoms with Gasteiger partial charge in [0.1, 0.15) is 18.8 Å². The summed E-state index contributed by atoms with van der Waals surface area (Å²) in [5, 5.41) is 0.000244. The molecule has 0 bridgehead atoms. The Morgan fingerprint density at radius 1 is 1.41 bits per heavy atom. The van der Waals surface area contributed by atoms with Crippen LogP contribution in [0, 0.1) is 0 Å². The van der Waals surface area contributed by atoms with Crippen molar-refractivity contribution in [2.24, 2.45) is 4.99 Å². The van der Waals surface area contributed by atoms with Crippen LogP contribution in [0.4, 0.5) is 18.9 Å². The molecule has 0 unspecified atom stereocenters. The van der Waals surface area contributed by atoms with Crippen molar-refractivity contribution in [3.8, 4) is 0 Å². The highest BCUT2D eigenvalue weighted by molar-refractivity contribution is 6.30. The highest BCUT2D eigenvalue weighted by atomic mass is 35.5. The Kier molecular flexibility index (Phi) is 5.20. The fraction of sp³-hybridized carbons (Fsp3) is 0.286. The number of aliphatic imine (C=N–C) groups is 1. The molecule has 0 aliphatic heterocycles. The summed E-state index contributed by atoms with van der Waals surface area (Å²) in [6.07, 6.45) is -0.00847. The normalized spacial score (nSPS) is 12.7. The second-order valence-corrected chi connectivity index (χ2v) is 4.73. The number of hydrogen-bond donors (Lipinski definition) is 0. The van der Waals surface area contributed by atoms with E-state index in [4.69, 9.17) is 16.3 Å². The van der Waals surface area contributed by atoms with Crippen LogP contribution in [-0.2, 0) is 10.9 Å². The molecule has 0 amide bonds. The van der Waals surface area contributed by atoms with Gasteiger partial charge in [-0.05, 0) is 25.1 Å². The maximum atomic E-state index is 13.1. The molecule has 0 spiro atoms. The number of alkyl halides is 3. The topological polar surface area (TPSA) is 39.4 Å². The van der Waals surface area contributed by atoms with Crippen molar-refractivity contribution in [2.75, 3.05) is 13.2 Å². The van der Waals surface area contributed by atoms with Crippen molar-refractivity contribution in [2.45, 2.75) is 13.1 Å². The lowest BCUT2D eigenvalue weighted by Crippen LogP contribution is -2.17. The molecule has 0 saturated carbocycles. The molecular weight excluding hydrogens is 319 g/mol. The minimum Gasteiger partial charge on any atom is -0.374 e. The Hall–Kier alpha value is -1.86. The maximum Gasteiger partial charge on any atom is 0.418 e. The standard InChI is InChI=1S/C14H13ClF3N3O/c1-2-22-8-13(21-6-5-19-9-21)20-12-4-3-10(15)7-11(12)14(16,17)18/h3-7,9H,2,8H2,1H3. The van der Waals surface area contributed by atoms with Gasteiger partial charge in [-0.15, -0.1) is 0 Å². The van der Waals surface area contributed by atoms with E-state index in [1.165, 1.54) is 29.2 Å². The highest BCUT2D eigenvalue weighted by Gasteiger charge is 2.34. The predicted octanol–water partition coefficient (Wildman–Crippen LogP) is 4.17. The highest BCUT2D eigenvalue weighted by Crippen LogP contribution is 2.38. The van der Waals surface area contributed by atoms with E-state index in [0.29, 0.717) is 12.4 Å². The van der Waals surface area contributed by atoms with Gasteiger partial charge in [0, 0.05) is 24.0 Å². The third kappa shape index (κ3) is 4.08. The third-order valence-corrected chi connectivity index (χ3v) is 2.99. The van der Waals surface area contributed by atoms with E-state index < -0.39 is 11.7 Å². The smallest absolute Gasteiger partial charge is 0.374 e. The van der Waals surface area contributed by atoms with E-state index in [9.17, 15) is 13.2 Å². The Morgan fingerprint density at radius 2 is 2.18 bits per heavy atom. The monoisotopic (exact) mass is 331 g/mol. The zero-order valence-electron chi connectivity index (χ0n) is 11.6. The average Bonchev–Trinajstić information content (AvgIpc) is 2.98. The van der Waals surface area contributed by atoms with Crippen LogP contribution >= 0.6 is 11.6 Å². The minimum atomic E-state index is -4.55. The second kappa shape index (κ2) is 6.93. The molecule has 2 rings (SSSR count). The molecule has 1 aromatic heterocycles.